The number of carbonyl (C=O) groups is 4. The molecule has 0 saturated carbocycles. The summed E-state index contributed by atoms with van der Waals surface area (Å²) in [6.07, 6.45) is 3.28. The third-order valence-electron chi connectivity index (χ3n) is 6.70. The number of nitrogens with two attached hydrogens (primary N) is 1. The van der Waals surface area contributed by atoms with Gasteiger partial charge in [0.1, 0.15) is 11.6 Å². The van der Waals surface area contributed by atoms with Crippen molar-refractivity contribution in [3.05, 3.63) is 23.8 Å². The van der Waals surface area contributed by atoms with Crippen molar-refractivity contribution in [2.45, 2.75) is 111 Å². The van der Waals surface area contributed by atoms with E-state index in [1.54, 1.807) is 32.9 Å². The standard InChI is InChI=1S/C31H49NO8/c1-9-11-21(5)28(34)39-25-15-14-24(17-26(25)40-29(35)22(6)12-10-2)19-31(32,30(36)37-8)18-23(7)38-27(33)16-13-20(3)4/h14-15,17,20-23H,9-13,16,18-19,32H2,1-8H3/t21?,22?,23?,31-/m1/s1. The van der Waals surface area contributed by atoms with Gasteiger partial charge in [0.15, 0.2) is 11.5 Å². The van der Waals surface area contributed by atoms with E-state index >= 15 is 0 Å². The Morgan fingerprint density at radius 2 is 1.40 bits per heavy atom. The number of carbonyl (C=O) groups excluding carboxylic acids is 4. The highest BCUT2D eigenvalue weighted by Crippen LogP contribution is 2.32. The van der Waals surface area contributed by atoms with Crippen LogP contribution >= 0.6 is 0 Å². The van der Waals surface area contributed by atoms with Gasteiger partial charge < -0.3 is 24.7 Å². The van der Waals surface area contributed by atoms with E-state index in [-0.39, 0.29) is 48.6 Å². The topological polar surface area (TPSA) is 131 Å². The number of methoxy groups -OCH3 is 1. The molecule has 40 heavy (non-hydrogen) atoms. The number of esters is 4. The predicted molar refractivity (Wildman–Crippen MR) is 153 cm³/mol. The molecule has 1 aromatic carbocycles. The van der Waals surface area contributed by atoms with E-state index in [0.717, 1.165) is 12.8 Å². The molecule has 0 bridgehead atoms. The minimum atomic E-state index is -1.53. The first-order valence-corrected chi connectivity index (χ1v) is 14.4. The molecule has 9 heteroatoms. The van der Waals surface area contributed by atoms with Gasteiger partial charge in [-0.25, -0.2) is 0 Å². The predicted octanol–water partition coefficient (Wildman–Crippen LogP) is 5.54. The Balaban J connectivity index is 3.26. The molecular formula is C31H49NO8. The van der Waals surface area contributed by atoms with Crippen molar-refractivity contribution >= 4 is 23.9 Å². The van der Waals surface area contributed by atoms with Gasteiger partial charge in [0.2, 0.25) is 0 Å². The van der Waals surface area contributed by atoms with Crippen LogP contribution in [0.3, 0.4) is 0 Å². The third kappa shape index (κ3) is 11.7. The molecule has 226 valence electrons. The van der Waals surface area contributed by atoms with E-state index in [0.29, 0.717) is 30.7 Å². The maximum absolute atomic E-state index is 12.8. The second kappa shape index (κ2) is 17.0. The highest BCUT2D eigenvalue weighted by molar-refractivity contribution is 5.81. The number of hydrogen-bond donors (Lipinski definition) is 1. The van der Waals surface area contributed by atoms with Gasteiger partial charge in [0, 0.05) is 19.3 Å². The number of rotatable bonds is 17. The van der Waals surface area contributed by atoms with E-state index in [1.807, 2.05) is 27.7 Å². The molecule has 3 unspecified atom stereocenters. The van der Waals surface area contributed by atoms with Crippen LogP contribution in [0.25, 0.3) is 0 Å². The molecule has 2 N–H and O–H groups in total. The Morgan fingerprint density at radius 3 is 1.90 bits per heavy atom. The largest absolute Gasteiger partial charge is 0.468 e. The molecule has 9 nitrogen and oxygen atoms in total. The molecule has 4 atom stereocenters. The molecule has 0 radical (unpaired) electrons. The van der Waals surface area contributed by atoms with Crippen LogP contribution in [0, 0.1) is 17.8 Å². The summed E-state index contributed by atoms with van der Waals surface area (Å²) in [5.74, 6) is -2.04. The monoisotopic (exact) mass is 563 g/mol. The molecule has 1 rings (SSSR count). The highest BCUT2D eigenvalue weighted by atomic mass is 16.6. The van der Waals surface area contributed by atoms with Gasteiger partial charge in [0.25, 0.3) is 0 Å². The van der Waals surface area contributed by atoms with Gasteiger partial charge in [-0.2, -0.15) is 0 Å². The normalized spacial score (nSPS) is 14.9. The van der Waals surface area contributed by atoms with E-state index in [9.17, 15) is 19.2 Å². The highest BCUT2D eigenvalue weighted by Gasteiger charge is 2.38. The van der Waals surface area contributed by atoms with Gasteiger partial charge in [-0.3, -0.25) is 19.2 Å². The van der Waals surface area contributed by atoms with Crippen molar-refractivity contribution in [3.63, 3.8) is 0 Å². The lowest BCUT2D eigenvalue weighted by Crippen LogP contribution is -2.53. The summed E-state index contributed by atoms with van der Waals surface area (Å²) < 4.78 is 21.8. The van der Waals surface area contributed by atoms with Crippen molar-refractivity contribution in [1.82, 2.24) is 0 Å². The molecule has 0 aliphatic rings. The second-order valence-electron chi connectivity index (χ2n) is 11.3. The maximum atomic E-state index is 12.8. The van der Waals surface area contributed by atoms with Crippen LogP contribution in [0.4, 0.5) is 0 Å². The molecule has 0 aliphatic heterocycles. The van der Waals surface area contributed by atoms with E-state index in [2.05, 4.69) is 0 Å². The molecular weight excluding hydrogens is 514 g/mol. The first-order chi connectivity index (χ1) is 18.8. The van der Waals surface area contributed by atoms with E-state index in [4.69, 9.17) is 24.7 Å². The Labute approximate surface area is 239 Å². The zero-order valence-electron chi connectivity index (χ0n) is 25.5. The van der Waals surface area contributed by atoms with Gasteiger partial charge in [-0.15, -0.1) is 0 Å². The van der Waals surface area contributed by atoms with Crippen LogP contribution in [0.2, 0.25) is 0 Å². The lowest BCUT2D eigenvalue weighted by atomic mass is 9.86. The van der Waals surface area contributed by atoms with Crippen LogP contribution in [0.15, 0.2) is 18.2 Å². The summed E-state index contributed by atoms with van der Waals surface area (Å²) in [6.45, 7) is 13.2. The van der Waals surface area contributed by atoms with Crippen LogP contribution in [-0.2, 0) is 35.1 Å². The zero-order chi connectivity index (χ0) is 30.5. The molecule has 0 heterocycles. The lowest BCUT2D eigenvalue weighted by molar-refractivity contribution is -0.155. The van der Waals surface area contributed by atoms with Gasteiger partial charge >= 0.3 is 23.9 Å². The first kappa shape index (κ1) is 35.1. The Morgan fingerprint density at radius 1 is 0.850 bits per heavy atom. The summed E-state index contributed by atoms with van der Waals surface area (Å²) in [4.78, 5) is 50.4. The molecule has 1 aromatic rings. The average Bonchev–Trinajstić information content (AvgIpc) is 2.88. The molecule has 0 aliphatic carbocycles. The van der Waals surface area contributed by atoms with Crippen LogP contribution in [-0.4, -0.2) is 42.6 Å². The summed E-state index contributed by atoms with van der Waals surface area (Å²) in [7, 11) is 1.24. The number of hydrogen-bond acceptors (Lipinski definition) is 9. The van der Waals surface area contributed by atoms with Crippen LogP contribution in [0.1, 0.15) is 99.0 Å². The summed E-state index contributed by atoms with van der Waals surface area (Å²) in [6, 6.07) is 4.74. The Hall–Kier alpha value is -2.94. The quantitative estimate of drug-likeness (QED) is 0.192. The maximum Gasteiger partial charge on any atom is 0.326 e. The summed E-state index contributed by atoms with van der Waals surface area (Å²) in [5, 5.41) is 0. The van der Waals surface area contributed by atoms with E-state index in [1.165, 1.54) is 13.2 Å². The van der Waals surface area contributed by atoms with Gasteiger partial charge in [-0.05, 0) is 49.8 Å². The smallest absolute Gasteiger partial charge is 0.326 e. The molecule has 0 spiro atoms. The Bertz CT molecular complexity index is 992. The van der Waals surface area contributed by atoms with Crippen molar-refractivity contribution in [2.24, 2.45) is 23.5 Å². The summed E-state index contributed by atoms with van der Waals surface area (Å²) >= 11 is 0. The van der Waals surface area contributed by atoms with Gasteiger partial charge in [-0.1, -0.05) is 60.5 Å². The zero-order valence-corrected chi connectivity index (χ0v) is 25.5. The molecule has 0 aromatic heterocycles. The number of ether oxygens (including phenoxy) is 4. The van der Waals surface area contributed by atoms with Crippen molar-refractivity contribution < 1.29 is 38.1 Å². The summed E-state index contributed by atoms with van der Waals surface area (Å²) in [5.41, 5.74) is 5.58. The van der Waals surface area contributed by atoms with Crippen LogP contribution < -0.4 is 15.2 Å². The SMILES string of the molecule is CCCC(C)C(=O)Oc1ccc(C[C@](N)(CC(C)OC(=O)CCC(C)C)C(=O)OC)cc1OC(=O)C(C)CCC. The van der Waals surface area contributed by atoms with Crippen molar-refractivity contribution in [3.8, 4) is 11.5 Å². The Kier molecular flexibility index (Phi) is 14.9. The fourth-order valence-electron chi connectivity index (χ4n) is 4.39. The first-order valence-electron chi connectivity index (χ1n) is 14.4. The van der Waals surface area contributed by atoms with Crippen LogP contribution in [0.5, 0.6) is 11.5 Å². The third-order valence-corrected chi connectivity index (χ3v) is 6.70. The van der Waals surface area contributed by atoms with Gasteiger partial charge in [0.05, 0.1) is 18.9 Å². The fraction of sp³-hybridized carbons (Fsp3) is 0.677. The van der Waals surface area contributed by atoms with Crippen molar-refractivity contribution in [1.29, 1.82) is 0 Å². The van der Waals surface area contributed by atoms with Crippen molar-refractivity contribution in [2.75, 3.05) is 7.11 Å². The lowest BCUT2D eigenvalue weighted by Gasteiger charge is -2.29. The fourth-order valence-corrected chi connectivity index (χ4v) is 4.39. The number of benzene rings is 1. The molecule has 0 saturated heterocycles. The van der Waals surface area contributed by atoms with E-state index < -0.39 is 29.6 Å². The average molecular weight is 564 g/mol. The molecule has 0 amide bonds. The molecule has 0 fully saturated rings. The second-order valence-corrected chi connectivity index (χ2v) is 11.3. The minimum Gasteiger partial charge on any atom is -0.468 e. The minimum absolute atomic E-state index is 0.00306.